The van der Waals surface area contributed by atoms with Crippen molar-refractivity contribution in [3.05, 3.63) is 53.6 Å². The molecule has 2 heterocycles. The van der Waals surface area contributed by atoms with E-state index in [1.54, 1.807) is 6.08 Å². The van der Waals surface area contributed by atoms with E-state index in [0.717, 1.165) is 24.3 Å². The number of hydroxylamine groups is 2. The molecule has 1 saturated heterocycles. The molecule has 1 aromatic carbocycles. The van der Waals surface area contributed by atoms with Crippen molar-refractivity contribution in [1.82, 2.24) is 5.06 Å². The molecule has 0 aliphatic carbocycles. The van der Waals surface area contributed by atoms with Gasteiger partial charge in [0, 0.05) is 17.7 Å². The predicted octanol–water partition coefficient (Wildman–Crippen LogP) is 3.78. The summed E-state index contributed by atoms with van der Waals surface area (Å²) in [4.78, 5) is 6.16. The summed E-state index contributed by atoms with van der Waals surface area (Å²) in [6.07, 6.45) is 12.7. The first-order valence-electron chi connectivity index (χ1n) is 7.14. The van der Waals surface area contributed by atoms with Gasteiger partial charge in [-0.05, 0) is 38.3 Å². The second-order valence-electron chi connectivity index (χ2n) is 5.53. The Morgan fingerprint density at radius 2 is 2.10 bits per heavy atom. The van der Waals surface area contributed by atoms with Gasteiger partial charge in [-0.3, -0.25) is 0 Å². The van der Waals surface area contributed by atoms with E-state index >= 15 is 0 Å². The van der Waals surface area contributed by atoms with Crippen molar-refractivity contribution >= 4 is 5.76 Å². The molecule has 0 saturated carbocycles. The van der Waals surface area contributed by atoms with Crippen LogP contribution in [0.2, 0.25) is 0 Å². The Kier molecular flexibility index (Phi) is 3.38. The Bertz CT molecular complexity index is 594. The minimum Gasteiger partial charge on any atom is -0.404 e. The quantitative estimate of drug-likeness (QED) is 0.755. The zero-order chi connectivity index (χ0) is 14.0. The van der Waals surface area contributed by atoms with Gasteiger partial charge in [0.25, 0.3) is 0 Å². The Morgan fingerprint density at radius 1 is 1.30 bits per heavy atom. The molecular formula is C18H19NO. The maximum atomic E-state index is 6.16. The molecule has 1 atom stereocenters. The molecule has 2 aliphatic rings. The molecule has 0 aromatic heterocycles. The number of hydrogen-bond donors (Lipinski definition) is 0. The number of benzene rings is 1. The van der Waals surface area contributed by atoms with Gasteiger partial charge in [0.1, 0.15) is 0 Å². The van der Waals surface area contributed by atoms with Crippen LogP contribution >= 0.6 is 0 Å². The van der Waals surface area contributed by atoms with Crippen molar-refractivity contribution in [3.8, 4) is 12.3 Å². The molecule has 1 aromatic rings. The third kappa shape index (κ3) is 2.05. The van der Waals surface area contributed by atoms with Crippen LogP contribution in [0.5, 0.6) is 0 Å². The predicted molar refractivity (Wildman–Crippen MR) is 81.4 cm³/mol. The van der Waals surface area contributed by atoms with Crippen LogP contribution < -0.4 is 0 Å². The van der Waals surface area contributed by atoms with Gasteiger partial charge in [0.15, 0.2) is 5.76 Å². The molecule has 2 heteroatoms. The number of piperidine rings is 1. The van der Waals surface area contributed by atoms with Crippen molar-refractivity contribution in [1.29, 1.82) is 0 Å². The van der Waals surface area contributed by atoms with Gasteiger partial charge in [-0.1, -0.05) is 36.3 Å². The van der Waals surface area contributed by atoms with Gasteiger partial charge < -0.3 is 4.84 Å². The lowest BCUT2D eigenvalue weighted by Gasteiger charge is -2.38. The van der Waals surface area contributed by atoms with E-state index in [2.05, 4.69) is 30.0 Å². The average Bonchev–Trinajstić information content (AvgIpc) is 2.78. The van der Waals surface area contributed by atoms with Crippen LogP contribution in [0.3, 0.4) is 0 Å². The fraction of sp³-hybridized carbons (Fsp3) is 0.333. The summed E-state index contributed by atoms with van der Waals surface area (Å²) < 4.78 is 0. The molecule has 1 unspecified atom stereocenters. The number of terminal acetylenes is 1. The molecule has 102 valence electrons. The van der Waals surface area contributed by atoms with E-state index in [9.17, 15) is 0 Å². The molecule has 0 bridgehead atoms. The normalized spacial score (nSPS) is 26.4. The van der Waals surface area contributed by atoms with Crippen LogP contribution in [0.25, 0.3) is 5.76 Å². The lowest BCUT2D eigenvalue weighted by Crippen LogP contribution is -2.46. The summed E-state index contributed by atoms with van der Waals surface area (Å²) in [6, 6.07) is 10.3. The molecule has 0 radical (unpaired) electrons. The third-order valence-corrected chi connectivity index (χ3v) is 4.23. The maximum absolute atomic E-state index is 6.16. The molecule has 1 fully saturated rings. The van der Waals surface area contributed by atoms with Crippen molar-refractivity contribution in [2.75, 3.05) is 6.54 Å². The van der Waals surface area contributed by atoms with Crippen LogP contribution in [0.15, 0.2) is 48.1 Å². The Labute approximate surface area is 120 Å². The van der Waals surface area contributed by atoms with E-state index in [-0.39, 0.29) is 5.54 Å². The summed E-state index contributed by atoms with van der Waals surface area (Å²) in [5, 5.41) is 2.12. The number of allylic oxidation sites excluding steroid dienone is 1. The standard InChI is InChI=1S/C18H19NO/c1-3-4-12-16-17(15-10-6-5-7-11-15)20-19-14-9-8-13-18(16,19)2/h1,4-7,10-12H,8-9,13-14H2,2H3/b12-4-. The second-order valence-corrected chi connectivity index (χ2v) is 5.53. The van der Waals surface area contributed by atoms with Gasteiger partial charge in [-0.15, -0.1) is 11.5 Å². The monoisotopic (exact) mass is 265 g/mol. The highest BCUT2D eigenvalue weighted by molar-refractivity contribution is 5.70. The zero-order valence-electron chi connectivity index (χ0n) is 11.8. The number of nitrogens with zero attached hydrogens (tertiary/aromatic N) is 1. The van der Waals surface area contributed by atoms with E-state index in [0.29, 0.717) is 0 Å². The highest BCUT2D eigenvalue weighted by Crippen LogP contribution is 2.45. The van der Waals surface area contributed by atoms with Crippen LogP contribution in [0.4, 0.5) is 0 Å². The summed E-state index contributed by atoms with van der Waals surface area (Å²) in [7, 11) is 0. The first-order valence-corrected chi connectivity index (χ1v) is 7.14. The Balaban J connectivity index is 2.09. The lowest BCUT2D eigenvalue weighted by atomic mass is 9.82. The van der Waals surface area contributed by atoms with E-state index < -0.39 is 0 Å². The fourth-order valence-corrected chi connectivity index (χ4v) is 3.10. The highest BCUT2D eigenvalue weighted by Gasteiger charge is 2.46. The molecular weight excluding hydrogens is 246 g/mol. The minimum absolute atomic E-state index is 0.0588. The first-order chi connectivity index (χ1) is 9.75. The smallest absolute Gasteiger partial charge is 0.159 e. The highest BCUT2D eigenvalue weighted by atomic mass is 16.7. The van der Waals surface area contributed by atoms with Gasteiger partial charge in [-0.25, -0.2) is 0 Å². The second kappa shape index (κ2) is 5.19. The molecule has 0 spiro atoms. The average molecular weight is 265 g/mol. The number of rotatable bonds is 2. The third-order valence-electron chi connectivity index (χ3n) is 4.23. The largest absolute Gasteiger partial charge is 0.404 e. The van der Waals surface area contributed by atoms with Gasteiger partial charge in [0.2, 0.25) is 0 Å². The number of hydrogen-bond acceptors (Lipinski definition) is 2. The van der Waals surface area contributed by atoms with Gasteiger partial charge >= 0.3 is 0 Å². The molecule has 2 nitrogen and oxygen atoms in total. The molecule has 0 N–H and O–H groups in total. The minimum atomic E-state index is -0.0588. The topological polar surface area (TPSA) is 12.5 Å². The van der Waals surface area contributed by atoms with Crippen LogP contribution in [0, 0.1) is 12.3 Å². The van der Waals surface area contributed by atoms with E-state index in [1.807, 2.05) is 24.3 Å². The SMILES string of the molecule is C#C/C=C\C1=C(c2ccccc2)ON2CCCCC12C. The van der Waals surface area contributed by atoms with E-state index in [4.69, 9.17) is 11.3 Å². The fourth-order valence-electron chi connectivity index (χ4n) is 3.10. The Hall–Kier alpha value is -1.98. The molecule has 0 amide bonds. The molecule has 20 heavy (non-hydrogen) atoms. The summed E-state index contributed by atoms with van der Waals surface area (Å²) in [5.41, 5.74) is 2.25. The molecule has 2 aliphatic heterocycles. The lowest BCUT2D eigenvalue weighted by molar-refractivity contribution is -0.143. The Morgan fingerprint density at radius 3 is 2.85 bits per heavy atom. The maximum Gasteiger partial charge on any atom is 0.159 e. The van der Waals surface area contributed by atoms with Crippen molar-refractivity contribution in [3.63, 3.8) is 0 Å². The van der Waals surface area contributed by atoms with Crippen LogP contribution in [0.1, 0.15) is 31.7 Å². The zero-order valence-corrected chi connectivity index (χ0v) is 11.8. The van der Waals surface area contributed by atoms with Gasteiger partial charge in [0.05, 0.1) is 5.54 Å². The first kappa shape index (κ1) is 13.0. The van der Waals surface area contributed by atoms with Crippen LogP contribution in [-0.2, 0) is 4.84 Å². The van der Waals surface area contributed by atoms with Gasteiger partial charge in [-0.2, -0.15) is 0 Å². The van der Waals surface area contributed by atoms with Crippen molar-refractivity contribution in [2.24, 2.45) is 0 Å². The van der Waals surface area contributed by atoms with E-state index in [1.165, 1.54) is 18.4 Å². The van der Waals surface area contributed by atoms with Crippen LogP contribution in [-0.4, -0.2) is 17.1 Å². The summed E-state index contributed by atoms with van der Waals surface area (Å²) >= 11 is 0. The van der Waals surface area contributed by atoms with Crippen molar-refractivity contribution in [2.45, 2.75) is 31.7 Å². The number of fused-ring (bicyclic) bond motifs is 1. The molecule has 3 rings (SSSR count). The summed E-state index contributed by atoms with van der Waals surface area (Å²) in [5.74, 6) is 3.54. The van der Waals surface area contributed by atoms with Crippen molar-refractivity contribution < 1.29 is 4.84 Å². The summed E-state index contributed by atoms with van der Waals surface area (Å²) in [6.45, 7) is 3.22.